The second kappa shape index (κ2) is 6.58. The monoisotopic (exact) mass is 288 g/mol. The molecule has 0 unspecified atom stereocenters. The summed E-state index contributed by atoms with van der Waals surface area (Å²) in [6.07, 6.45) is 1.74. The van der Waals surface area contributed by atoms with Crippen molar-refractivity contribution in [2.24, 2.45) is 0 Å². The lowest BCUT2D eigenvalue weighted by Gasteiger charge is -2.35. The van der Waals surface area contributed by atoms with E-state index in [0.29, 0.717) is 0 Å². The van der Waals surface area contributed by atoms with Gasteiger partial charge in [-0.15, -0.1) is 0 Å². The molecule has 1 aromatic carbocycles. The maximum atomic E-state index is 12.3. The second-order valence-electron chi connectivity index (χ2n) is 6.09. The Kier molecular flexibility index (Phi) is 4.56. The number of hydrogen-bond donors (Lipinski definition) is 0. The Morgan fingerprint density at radius 3 is 2.76 bits per heavy atom. The van der Waals surface area contributed by atoms with Gasteiger partial charge in [-0.05, 0) is 25.3 Å². The summed E-state index contributed by atoms with van der Waals surface area (Å²) < 4.78 is 5.50. The molecule has 0 N–H and O–H groups in total. The molecule has 1 atom stereocenters. The molecule has 1 amide bonds. The third-order valence-corrected chi connectivity index (χ3v) is 4.38. The summed E-state index contributed by atoms with van der Waals surface area (Å²) in [5, 5.41) is 0. The first-order valence-corrected chi connectivity index (χ1v) is 7.91. The maximum Gasteiger partial charge on any atom is 0.251 e. The highest BCUT2D eigenvalue weighted by molar-refractivity contribution is 5.81. The number of piperazine rings is 1. The van der Waals surface area contributed by atoms with Crippen LogP contribution in [0.1, 0.15) is 24.0 Å². The molecular weight excluding hydrogens is 264 g/mol. The van der Waals surface area contributed by atoms with Crippen molar-refractivity contribution in [1.29, 1.82) is 0 Å². The average molecular weight is 288 g/mol. The van der Waals surface area contributed by atoms with Crippen LogP contribution in [0.4, 0.5) is 0 Å². The molecule has 0 saturated carbocycles. The number of carbonyl (C=O) groups excluding carboxylic acids is 1. The zero-order chi connectivity index (χ0) is 14.7. The van der Waals surface area contributed by atoms with Gasteiger partial charge in [-0.2, -0.15) is 0 Å². The molecule has 1 aromatic rings. The van der Waals surface area contributed by atoms with E-state index in [-0.39, 0.29) is 12.0 Å². The molecule has 0 bridgehead atoms. The highest BCUT2D eigenvalue weighted by Gasteiger charge is 2.30. The number of nitrogens with zero attached hydrogens (tertiary/aromatic N) is 2. The number of rotatable bonds is 3. The third-order valence-electron chi connectivity index (χ3n) is 4.38. The van der Waals surface area contributed by atoms with Gasteiger partial charge in [-0.3, -0.25) is 9.69 Å². The molecule has 2 heterocycles. The zero-order valence-corrected chi connectivity index (χ0v) is 12.8. The summed E-state index contributed by atoms with van der Waals surface area (Å²) in [4.78, 5) is 16.7. The van der Waals surface area contributed by atoms with Crippen molar-refractivity contribution in [1.82, 2.24) is 9.80 Å². The van der Waals surface area contributed by atoms with Crippen molar-refractivity contribution in [3.05, 3.63) is 35.4 Å². The number of ether oxygens (including phenoxy) is 1. The smallest absolute Gasteiger partial charge is 0.251 e. The highest BCUT2D eigenvalue weighted by Crippen LogP contribution is 2.17. The lowest BCUT2D eigenvalue weighted by Crippen LogP contribution is -2.51. The maximum absolute atomic E-state index is 12.3. The Hall–Kier alpha value is -1.39. The molecule has 2 fully saturated rings. The van der Waals surface area contributed by atoms with Crippen molar-refractivity contribution in [3.8, 4) is 0 Å². The second-order valence-corrected chi connectivity index (χ2v) is 6.09. The van der Waals surface area contributed by atoms with E-state index in [1.807, 2.05) is 4.90 Å². The van der Waals surface area contributed by atoms with Crippen LogP contribution in [0.3, 0.4) is 0 Å². The van der Waals surface area contributed by atoms with Crippen LogP contribution in [0.2, 0.25) is 0 Å². The number of benzene rings is 1. The van der Waals surface area contributed by atoms with Crippen LogP contribution >= 0.6 is 0 Å². The normalized spacial score (nSPS) is 23.5. The first-order valence-electron chi connectivity index (χ1n) is 7.91. The molecule has 114 valence electrons. The first-order chi connectivity index (χ1) is 10.2. The van der Waals surface area contributed by atoms with Crippen LogP contribution < -0.4 is 0 Å². The minimum Gasteiger partial charge on any atom is -0.368 e. The standard InChI is InChI=1S/C17H24N2O2/c1-14-4-2-5-15(12-14)13-18-7-9-19(10-8-18)17(20)16-6-3-11-21-16/h2,4-5,12,16H,3,6-11,13H2,1H3/t16-/m1/s1. The van der Waals surface area contributed by atoms with Crippen LogP contribution in [0, 0.1) is 6.92 Å². The van der Waals surface area contributed by atoms with Crippen molar-refractivity contribution in [2.45, 2.75) is 32.4 Å². The Balaban J connectivity index is 1.49. The van der Waals surface area contributed by atoms with E-state index in [0.717, 1.165) is 52.2 Å². The predicted molar refractivity (Wildman–Crippen MR) is 82.0 cm³/mol. The SMILES string of the molecule is Cc1cccc(CN2CCN(C(=O)[C@H]3CCCO3)CC2)c1. The number of aryl methyl sites for hydroxylation is 1. The molecule has 2 aliphatic rings. The van der Waals surface area contributed by atoms with Gasteiger partial charge >= 0.3 is 0 Å². The van der Waals surface area contributed by atoms with E-state index in [9.17, 15) is 4.79 Å². The van der Waals surface area contributed by atoms with Gasteiger partial charge in [0.2, 0.25) is 0 Å². The topological polar surface area (TPSA) is 32.8 Å². The minimum atomic E-state index is -0.173. The molecule has 0 spiro atoms. The molecule has 0 radical (unpaired) electrons. The van der Waals surface area contributed by atoms with Crippen molar-refractivity contribution in [3.63, 3.8) is 0 Å². The molecule has 0 aliphatic carbocycles. The van der Waals surface area contributed by atoms with Gasteiger partial charge in [0.25, 0.3) is 5.91 Å². The van der Waals surface area contributed by atoms with Crippen molar-refractivity contribution in [2.75, 3.05) is 32.8 Å². The molecular formula is C17H24N2O2. The van der Waals surface area contributed by atoms with Crippen LogP contribution in [0.15, 0.2) is 24.3 Å². The van der Waals surface area contributed by atoms with E-state index >= 15 is 0 Å². The Morgan fingerprint density at radius 1 is 1.29 bits per heavy atom. The Labute approximate surface area is 126 Å². The summed E-state index contributed by atoms with van der Waals surface area (Å²) in [6.45, 7) is 7.39. The summed E-state index contributed by atoms with van der Waals surface area (Å²) in [6, 6.07) is 8.66. The van der Waals surface area contributed by atoms with E-state index < -0.39 is 0 Å². The molecule has 0 aromatic heterocycles. The quantitative estimate of drug-likeness (QED) is 0.850. The van der Waals surface area contributed by atoms with Gasteiger partial charge in [0.05, 0.1) is 0 Å². The fraction of sp³-hybridized carbons (Fsp3) is 0.588. The third kappa shape index (κ3) is 3.63. The minimum absolute atomic E-state index is 0.173. The number of amides is 1. The van der Waals surface area contributed by atoms with Gasteiger partial charge < -0.3 is 9.64 Å². The van der Waals surface area contributed by atoms with Crippen LogP contribution in [0.5, 0.6) is 0 Å². The fourth-order valence-electron chi connectivity index (χ4n) is 3.17. The largest absolute Gasteiger partial charge is 0.368 e. The van der Waals surface area contributed by atoms with E-state index in [1.54, 1.807) is 0 Å². The molecule has 4 nitrogen and oxygen atoms in total. The summed E-state index contributed by atoms with van der Waals surface area (Å²) in [5.74, 6) is 0.197. The summed E-state index contributed by atoms with van der Waals surface area (Å²) in [5.41, 5.74) is 2.66. The van der Waals surface area contributed by atoms with E-state index in [2.05, 4.69) is 36.1 Å². The van der Waals surface area contributed by atoms with E-state index in [4.69, 9.17) is 4.74 Å². The summed E-state index contributed by atoms with van der Waals surface area (Å²) in [7, 11) is 0. The van der Waals surface area contributed by atoms with Crippen LogP contribution in [-0.4, -0.2) is 54.6 Å². The van der Waals surface area contributed by atoms with Gasteiger partial charge in [-0.25, -0.2) is 0 Å². The molecule has 2 aliphatic heterocycles. The van der Waals surface area contributed by atoms with Crippen LogP contribution in [-0.2, 0) is 16.1 Å². The molecule has 2 saturated heterocycles. The Bertz CT molecular complexity index is 489. The molecule has 21 heavy (non-hydrogen) atoms. The molecule has 3 rings (SSSR count). The number of carbonyl (C=O) groups is 1. The predicted octanol–water partition coefficient (Wildman–Crippen LogP) is 1.82. The lowest BCUT2D eigenvalue weighted by atomic mass is 10.1. The van der Waals surface area contributed by atoms with Gasteiger partial charge in [0.15, 0.2) is 0 Å². The van der Waals surface area contributed by atoms with Crippen molar-refractivity contribution >= 4 is 5.91 Å². The van der Waals surface area contributed by atoms with Gasteiger partial charge in [0.1, 0.15) is 6.10 Å². The van der Waals surface area contributed by atoms with Gasteiger partial charge in [0, 0.05) is 39.3 Å². The van der Waals surface area contributed by atoms with Gasteiger partial charge in [-0.1, -0.05) is 29.8 Å². The van der Waals surface area contributed by atoms with Crippen molar-refractivity contribution < 1.29 is 9.53 Å². The highest BCUT2D eigenvalue weighted by atomic mass is 16.5. The number of hydrogen-bond acceptors (Lipinski definition) is 3. The summed E-state index contributed by atoms with van der Waals surface area (Å²) >= 11 is 0. The first kappa shape index (κ1) is 14.5. The van der Waals surface area contributed by atoms with E-state index in [1.165, 1.54) is 11.1 Å². The average Bonchev–Trinajstić information content (AvgIpc) is 3.01. The fourth-order valence-corrected chi connectivity index (χ4v) is 3.17. The van der Waals surface area contributed by atoms with Crippen LogP contribution in [0.25, 0.3) is 0 Å². The Morgan fingerprint density at radius 2 is 2.10 bits per heavy atom. The molecule has 4 heteroatoms. The zero-order valence-electron chi connectivity index (χ0n) is 12.8. The lowest BCUT2D eigenvalue weighted by molar-refractivity contribution is -0.142.